The zero-order chi connectivity index (χ0) is 12.1. The van der Waals surface area contributed by atoms with Crippen molar-refractivity contribution in [3.05, 3.63) is 46.7 Å². The zero-order valence-electron chi connectivity index (χ0n) is 8.90. The van der Waals surface area contributed by atoms with E-state index in [2.05, 4.69) is 10.1 Å². The summed E-state index contributed by atoms with van der Waals surface area (Å²) >= 11 is 1.64. The van der Waals surface area contributed by atoms with Crippen molar-refractivity contribution in [2.24, 2.45) is 0 Å². The molecule has 0 aliphatic heterocycles. The molecule has 1 N–H and O–H groups in total. The maximum absolute atomic E-state index is 12.0. The van der Waals surface area contributed by atoms with Crippen molar-refractivity contribution >= 4 is 17.0 Å². The minimum absolute atomic E-state index is 0.163. The van der Waals surface area contributed by atoms with E-state index < -0.39 is 6.61 Å². The molecule has 0 atom stereocenters. The quantitative estimate of drug-likeness (QED) is 0.873. The highest BCUT2D eigenvalue weighted by molar-refractivity contribution is 7.09. The first-order chi connectivity index (χ1) is 8.24. The van der Waals surface area contributed by atoms with Crippen LogP contribution in [-0.4, -0.2) is 6.61 Å². The van der Waals surface area contributed by atoms with E-state index in [-0.39, 0.29) is 5.75 Å². The molecule has 0 fully saturated rings. The number of hydrogen-bond donors (Lipinski definition) is 1. The molecule has 1 heterocycles. The molecule has 0 saturated heterocycles. The van der Waals surface area contributed by atoms with Crippen molar-refractivity contribution in [2.75, 3.05) is 5.32 Å². The number of ether oxygens (including phenoxy) is 1. The second-order valence-electron chi connectivity index (χ2n) is 3.34. The Bertz CT molecular complexity index is 459. The molecule has 1 aromatic carbocycles. The Morgan fingerprint density at radius 1 is 1.24 bits per heavy atom. The first kappa shape index (κ1) is 11.9. The number of hydrogen-bond acceptors (Lipinski definition) is 3. The SMILES string of the molecule is FC(F)Oc1cccc(NCc2cccs2)c1. The highest BCUT2D eigenvalue weighted by Gasteiger charge is 2.04. The Morgan fingerprint density at radius 2 is 2.12 bits per heavy atom. The minimum Gasteiger partial charge on any atom is -0.435 e. The highest BCUT2D eigenvalue weighted by Crippen LogP contribution is 2.20. The summed E-state index contributed by atoms with van der Waals surface area (Å²) in [4.78, 5) is 1.19. The fraction of sp³-hybridized carbons (Fsp3) is 0.167. The Balaban J connectivity index is 1.96. The van der Waals surface area contributed by atoms with Gasteiger partial charge in [-0.15, -0.1) is 11.3 Å². The second-order valence-corrected chi connectivity index (χ2v) is 4.37. The molecule has 0 unspecified atom stereocenters. The molecule has 2 nitrogen and oxygen atoms in total. The third kappa shape index (κ3) is 3.71. The van der Waals surface area contributed by atoms with Gasteiger partial charge in [0, 0.05) is 23.2 Å². The largest absolute Gasteiger partial charge is 0.435 e. The minimum atomic E-state index is -2.79. The molecule has 0 spiro atoms. The van der Waals surface area contributed by atoms with Crippen LogP contribution in [0, 0.1) is 0 Å². The Morgan fingerprint density at radius 3 is 2.82 bits per heavy atom. The van der Waals surface area contributed by atoms with Crippen molar-refractivity contribution < 1.29 is 13.5 Å². The average Bonchev–Trinajstić information content (AvgIpc) is 2.79. The van der Waals surface area contributed by atoms with Gasteiger partial charge in [0.2, 0.25) is 0 Å². The van der Waals surface area contributed by atoms with Crippen molar-refractivity contribution in [1.29, 1.82) is 0 Å². The molecule has 2 rings (SSSR count). The summed E-state index contributed by atoms with van der Waals surface area (Å²) in [6.07, 6.45) is 0. The first-order valence-corrected chi connectivity index (χ1v) is 5.93. The van der Waals surface area contributed by atoms with E-state index in [1.165, 1.54) is 10.9 Å². The third-order valence-corrected chi connectivity index (χ3v) is 2.98. The van der Waals surface area contributed by atoms with E-state index in [0.29, 0.717) is 6.54 Å². The lowest BCUT2D eigenvalue weighted by Crippen LogP contribution is -2.03. The molecule has 0 bridgehead atoms. The molecule has 0 saturated carbocycles. The van der Waals surface area contributed by atoms with Crippen molar-refractivity contribution in [2.45, 2.75) is 13.2 Å². The molecule has 1 aromatic heterocycles. The van der Waals surface area contributed by atoms with Crippen LogP contribution in [-0.2, 0) is 6.54 Å². The molecule has 2 aromatic rings. The Kier molecular flexibility index (Phi) is 3.93. The topological polar surface area (TPSA) is 21.3 Å². The fourth-order valence-corrected chi connectivity index (χ4v) is 2.03. The van der Waals surface area contributed by atoms with E-state index >= 15 is 0 Å². The van der Waals surface area contributed by atoms with Gasteiger partial charge in [-0.3, -0.25) is 0 Å². The van der Waals surface area contributed by atoms with Crippen LogP contribution in [0.1, 0.15) is 4.88 Å². The summed E-state index contributed by atoms with van der Waals surface area (Å²) in [5.74, 6) is 0.163. The lowest BCUT2D eigenvalue weighted by Gasteiger charge is -2.08. The van der Waals surface area contributed by atoms with Gasteiger partial charge in [0.1, 0.15) is 5.75 Å². The van der Waals surface area contributed by atoms with E-state index in [4.69, 9.17) is 0 Å². The van der Waals surface area contributed by atoms with Crippen LogP contribution >= 0.6 is 11.3 Å². The van der Waals surface area contributed by atoms with Gasteiger partial charge in [0.25, 0.3) is 0 Å². The van der Waals surface area contributed by atoms with Crippen LogP contribution in [0.2, 0.25) is 0 Å². The fourth-order valence-electron chi connectivity index (χ4n) is 1.38. The molecule has 0 amide bonds. The normalized spacial score (nSPS) is 10.5. The molecule has 0 aliphatic rings. The van der Waals surface area contributed by atoms with Gasteiger partial charge in [0.05, 0.1) is 0 Å². The lowest BCUT2D eigenvalue weighted by molar-refractivity contribution is -0.0498. The van der Waals surface area contributed by atoms with Crippen LogP contribution in [0.15, 0.2) is 41.8 Å². The van der Waals surface area contributed by atoms with E-state index in [1.54, 1.807) is 23.5 Å². The van der Waals surface area contributed by atoms with Crippen LogP contribution < -0.4 is 10.1 Å². The molecule has 90 valence electrons. The van der Waals surface area contributed by atoms with Gasteiger partial charge in [-0.05, 0) is 23.6 Å². The molecule has 0 radical (unpaired) electrons. The summed E-state index contributed by atoms with van der Waals surface area (Å²) in [7, 11) is 0. The smallest absolute Gasteiger partial charge is 0.387 e. The summed E-state index contributed by atoms with van der Waals surface area (Å²) in [6.45, 7) is -2.11. The summed E-state index contributed by atoms with van der Waals surface area (Å²) in [6, 6.07) is 10.5. The van der Waals surface area contributed by atoms with Gasteiger partial charge in [-0.2, -0.15) is 8.78 Å². The maximum Gasteiger partial charge on any atom is 0.387 e. The van der Waals surface area contributed by atoms with Gasteiger partial charge in [0.15, 0.2) is 0 Å². The molecular weight excluding hydrogens is 244 g/mol. The summed E-state index contributed by atoms with van der Waals surface area (Å²) < 4.78 is 28.4. The Labute approximate surface area is 102 Å². The third-order valence-electron chi connectivity index (χ3n) is 2.11. The molecule has 0 aliphatic carbocycles. The van der Waals surface area contributed by atoms with Crippen LogP contribution in [0.3, 0.4) is 0 Å². The van der Waals surface area contributed by atoms with Gasteiger partial charge in [-0.25, -0.2) is 0 Å². The van der Waals surface area contributed by atoms with Gasteiger partial charge in [-0.1, -0.05) is 12.1 Å². The summed E-state index contributed by atoms with van der Waals surface area (Å²) in [5.41, 5.74) is 0.761. The first-order valence-electron chi connectivity index (χ1n) is 5.05. The summed E-state index contributed by atoms with van der Waals surface area (Å²) in [5, 5.41) is 5.14. The number of benzene rings is 1. The van der Waals surface area contributed by atoms with E-state index in [9.17, 15) is 8.78 Å². The number of halogens is 2. The second kappa shape index (κ2) is 5.63. The lowest BCUT2D eigenvalue weighted by atomic mass is 10.3. The molecular formula is C12H11F2NOS. The van der Waals surface area contributed by atoms with Crippen molar-refractivity contribution in [3.63, 3.8) is 0 Å². The average molecular weight is 255 g/mol. The number of alkyl halides is 2. The van der Waals surface area contributed by atoms with Gasteiger partial charge < -0.3 is 10.1 Å². The highest BCUT2D eigenvalue weighted by atomic mass is 32.1. The predicted octanol–water partition coefficient (Wildman–Crippen LogP) is 3.96. The van der Waals surface area contributed by atoms with Crippen LogP contribution in [0.4, 0.5) is 14.5 Å². The molecule has 5 heteroatoms. The number of nitrogens with one attached hydrogen (secondary N) is 1. The molecule has 17 heavy (non-hydrogen) atoms. The van der Waals surface area contributed by atoms with E-state index in [0.717, 1.165) is 5.69 Å². The standard InChI is InChI=1S/C12H11F2NOS/c13-12(14)16-10-4-1-3-9(7-10)15-8-11-5-2-6-17-11/h1-7,12,15H,8H2. The van der Waals surface area contributed by atoms with E-state index in [1.807, 2.05) is 23.6 Å². The predicted molar refractivity (Wildman–Crippen MR) is 64.7 cm³/mol. The number of rotatable bonds is 5. The number of thiophene rings is 1. The van der Waals surface area contributed by atoms with Crippen LogP contribution in [0.5, 0.6) is 5.75 Å². The maximum atomic E-state index is 12.0. The van der Waals surface area contributed by atoms with Crippen molar-refractivity contribution in [3.8, 4) is 5.75 Å². The van der Waals surface area contributed by atoms with Gasteiger partial charge >= 0.3 is 6.61 Å². The monoisotopic (exact) mass is 255 g/mol. The van der Waals surface area contributed by atoms with Crippen LogP contribution in [0.25, 0.3) is 0 Å². The zero-order valence-corrected chi connectivity index (χ0v) is 9.71. The van der Waals surface area contributed by atoms with Crippen molar-refractivity contribution in [1.82, 2.24) is 0 Å². The number of anilines is 1. The Hall–Kier alpha value is -1.62.